The molecule has 0 bridgehead atoms. The molecule has 0 aliphatic heterocycles. The molecule has 5 heteroatoms. The second kappa shape index (κ2) is 5.96. The van der Waals surface area contributed by atoms with Crippen LogP contribution in [0.4, 0.5) is 11.4 Å². The van der Waals surface area contributed by atoms with Gasteiger partial charge in [0.15, 0.2) is 0 Å². The van der Waals surface area contributed by atoms with Crippen LogP contribution in [0.3, 0.4) is 0 Å². The molecule has 0 radical (unpaired) electrons. The van der Waals surface area contributed by atoms with E-state index in [1.54, 1.807) is 12.1 Å². The van der Waals surface area contributed by atoms with E-state index in [1.165, 1.54) is 0 Å². The molecule has 4 N–H and O–H groups in total. The van der Waals surface area contributed by atoms with E-state index in [1.807, 2.05) is 36.2 Å². The average molecular weight is 334 g/mol. The summed E-state index contributed by atoms with van der Waals surface area (Å²) < 4.78 is 1.05. The van der Waals surface area contributed by atoms with Crippen molar-refractivity contribution in [3.8, 4) is 0 Å². The number of primary amides is 1. The summed E-state index contributed by atoms with van der Waals surface area (Å²) in [6, 6.07) is 13.1. The Morgan fingerprint density at radius 1 is 1.25 bits per heavy atom. The predicted octanol–water partition coefficient (Wildman–Crippen LogP) is 2.77. The van der Waals surface area contributed by atoms with Crippen LogP contribution in [0.25, 0.3) is 0 Å². The minimum atomic E-state index is -0.475. The van der Waals surface area contributed by atoms with Crippen LogP contribution in [-0.4, -0.2) is 13.0 Å². The molecular formula is C15H16BrN3O. The average Bonchev–Trinajstić information content (AvgIpc) is 2.41. The van der Waals surface area contributed by atoms with Crippen LogP contribution in [0.5, 0.6) is 0 Å². The monoisotopic (exact) mass is 333 g/mol. The Hall–Kier alpha value is -2.01. The van der Waals surface area contributed by atoms with Crippen LogP contribution in [-0.2, 0) is 6.54 Å². The number of nitrogens with two attached hydrogens (primary N) is 2. The topological polar surface area (TPSA) is 72.3 Å². The highest BCUT2D eigenvalue weighted by atomic mass is 79.9. The molecule has 1 amide bonds. The highest BCUT2D eigenvalue weighted by Crippen LogP contribution is 2.26. The summed E-state index contributed by atoms with van der Waals surface area (Å²) in [5.41, 5.74) is 14.2. The van der Waals surface area contributed by atoms with Gasteiger partial charge < -0.3 is 16.4 Å². The summed E-state index contributed by atoms with van der Waals surface area (Å²) in [5.74, 6) is -0.475. The second-order valence-corrected chi connectivity index (χ2v) is 5.44. The normalized spacial score (nSPS) is 10.3. The lowest BCUT2D eigenvalue weighted by Crippen LogP contribution is -2.19. The highest BCUT2D eigenvalue weighted by molar-refractivity contribution is 9.10. The van der Waals surface area contributed by atoms with Gasteiger partial charge in [-0.2, -0.15) is 0 Å². The van der Waals surface area contributed by atoms with E-state index in [0.717, 1.165) is 15.7 Å². The number of amides is 1. The van der Waals surface area contributed by atoms with Crippen LogP contribution in [0.2, 0.25) is 0 Å². The number of nitrogens with zero attached hydrogens (tertiary/aromatic N) is 1. The summed E-state index contributed by atoms with van der Waals surface area (Å²) in [4.78, 5) is 13.1. The maximum atomic E-state index is 11.1. The third-order valence-corrected chi connectivity index (χ3v) is 3.86. The first-order valence-electron chi connectivity index (χ1n) is 6.13. The van der Waals surface area contributed by atoms with E-state index in [9.17, 15) is 4.79 Å². The van der Waals surface area contributed by atoms with Gasteiger partial charge in [0.2, 0.25) is 5.91 Å². The number of carbonyl (C=O) groups excluding carboxylic acids is 1. The maximum absolute atomic E-state index is 11.1. The quantitative estimate of drug-likeness (QED) is 0.845. The predicted molar refractivity (Wildman–Crippen MR) is 85.6 cm³/mol. The van der Waals surface area contributed by atoms with E-state index in [0.29, 0.717) is 17.8 Å². The van der Waals surface area contributed by atoms with Crippen molar-refractivity contribution in [2.24, 2.45) is 5.73 Å². The molecule has 4 nitrogen and oxygen atoms in total. The zero-order valence-corrected chi connectivity index (χ0v) is 12.7. The van der Waals surface area contributed by atoms with E-state index >= 15 is 0 Å². The molecule has 2 rings (SSSR count). The number of hydrogen-bond acceptors (Lipinski definition) is 3. The summed E-state index contributed by atoms with van der Waals surface area (Å²) in [5, 5.41) is 0. The van der Waals surface area contributed by atoms with Crippen molar-refractivity contribution in [1.29, 1.82) is 0 Å². The molecule has 0 fully saturated rings. The van der Waals surface area contributed by atoms with Crippen molar-refractivity contribution < 1.29 is 4.79 Å². The summed E-state index contributed by atoms with van der Waals surface area (Å²) in [6.07, 6.45) is 0. The van der Waals surface area contributed by atoms with Gasteiger partial charge in [0.1, 0.15) is 0 Å². The van der Waals surface area contributed by atoms with Gasteiger partial charge in [-0.3, -0.25) is 4.79 Å². The van der Waals surface area contributed by atoms with Gasteiger partial charge in [0.25, 0.3) is 0 Å². The van der Waals surface area contributed by atoms with E-state index in [-0.39, 0.29) is 0 Å². The number of anilines is 2. The Morgan fingerprint density at radius 2 is 1.95 bits per heavy atom. The lowest BCUT2D eigenvalue weighted by molar-refractivity contribution is 0.100. The molecule has 0 saturated carbocycles. The molecule has 0 aliphatic carbocycles. The van der Waals surface area contributed by atoms with Crippen molar-refractivity contribution in [3.63, 3.8) is 0 Å². The minimum absolute atomic E-state index is 0.417. The SMILES string of the molecule is CN(Cc1ccccc1Br)c1ccc(C(N)=O)cc1N. The van der Waals surface area contributed by atoms with Crippen molar-refractivity contribution >= 4 is 33.2 Å². The van der Waals surface area contributed by atoms with E-state index < -0.39 is 5.91 Å². The van der Waals surface area contributed by atoms with Crippen molar-refractivity contribution in [2.45, 2.75) is 6.54 Å². The highest BCUT2D eigenvalue weighted by Gasteiger charge is 2.10. The third-order valence-electron chi connectivity index (χ3n) is 3.09. The first kappa shape index (κ1) is 14.4. The van der Waals surface area contributed by atoms with Gasteiger partial charge in [0.05, 0.1) is 11.4 Å². The molecule has 2 aromatic rings. The largest absolute Gasteiger partial charge is 0.397 e. The lowest BCUT2D eigenvalue weighted by atomic mass is 10.1. The van der Waals surface area contributed by atoms with Crippen molar-refractivity contribution in [3.05, 3.63) is 58.1 Å². The molecule has 104 valence electrons. The number of hydrogen-bond donors (Lipinski definition) is 2. The van der Waals surface area contributed by atoms with E-state index in [2.05, 4.69) is 22.0 Å². The molecule has 2 aromatic carbocycles. The number of nitrogen functional groups attached to an aromatic ring is 1. The van der Waals surface area contributed by atoms with Gasteiger partial charge in [-0.1, -0.05) is 34.1 Å². The summed E-state index contributed by atoms with van der Waals surface area (Å²) in [6.45, 7) is 0.710. The first-order valence-corrected chi connectivity index (χ1v) is 6.92. The zero-order valence-electron chi connectivity index (χ0n) is 11.1. The Morgan fingerprint density at radius 3 is 2.55 bits per heavy atom. The zero-order chi connectivity index (χ0) is 14.7. The van der Waals surface area contributed by atoms with Gasteiger partial charge >= 0.3 is 0 Å². The molecule has 0 aliphatic rings. The molecule has 0 unspecified atom stereocenters. The van der Waals surface area contributed by atoms with Crippen LogP contribution in [0.1, 0.15) is 15.9 Å². The standard InChI is InChI=1S/C15H16BrN3O/c1-19(9-11-4-2-3-5-12(11)16)14-7-6-10(15(18)20)8-13(14)17/h2-8H,9,17H2,1H3,(H2,18,20). The van der Waals surface area contributed by atoms with Gasteiger partial charge in [-0.05, 0) is 29.8 Å². The van der Waals surface area contributed by atoms with E-state index in [4.69, 9.17) is 11.5 Å². The number of benzene rings is 2. The molecule has 20 heavy (non-hydrogen) atoms. The van der Waals surface area contributed by atoms with Crippen LogP contribution in [0.15, 0.2) is 46.9 Å². The first-order chi connectivity index (χ1) is 9.49. The fraction of sp³-hybridized carbons (Fsp3) is 0.133. The molecular weight excluding hydrogens is 318 g/mol. The van der Waals surface area contributed by atoms with Crippen LogP contribution >= 0.6 is 15.9 Å². The molecule has 0 spiro atoms. The minimum Gasteiger partial charge on any atom is -0.397 e. The molecule has 0 saturated heterocycles. The third kappa shape index (κ3) is 3.11. The van der Waals surface area contributed by atoms with Crippen molar-refractivity contribution in [2.75, 3.05) is 17.7 Å². The lowest BCUT2D eigenvalue weighted by Gasteiger charge is -2.22. The van der Waals surface area contributed by atoms with Gasteiger partial charge in [-0.25, -0.2) is 0 Å². The van der Waals surface area contributed by atoms with Gasteiger partial charge in [0, 0.05) is 23.6 Å². The molecule has 0 atom stereocenters. The Labute approximate surface area is 126 Å². The fourth-order valence-corrected chi connectivity index (χ4v) is 2.43. The van der Waals surface area contributed by atoms with Crippen molar-refractivity contribution in [1.82, 2.24) is 0 Å². The molecule has 0 aromatic heterocycles. The maximum Gasteiger partial charge on any atom is 0.248 e. The number of halogens is 1. The Bertz CT molecular complexity index is 643. The Balaban J connectivity index is 2.23. The van der Waals surface area contributed by atoms with Crippen LogP contribution < -0.4 is 16.4 Å². The van der Waals surface area contributed by atoms with Gasteiger partial charge in [-0.15, -0.1) is 0 Å². The smallest absolute Gasteiger partial charge is 0.248 e. The summed E-state index contributed by atoms with van der Waals surface area (Å²) >= 11 is 3.53. The Kier molecular flexibility index (Phi) is 4.29. The summed E-state index contributed by atoms with van der Waals surface area (Å²) in [7, 11) is 1.95. The molecule has 0 heterocycles. The van der Waals surface area contributed by atoms with Crippen LogP contribution in [0, 0.1) is 0 Å². The second-order valence-electron chi connectivity index (χ2n) is 4.59. The number of rotatable bonds is 4. The fourth-order valence-electron chi connectivity index (χ4n) is 2.02. The number of carbonyl (C=O) groups is 1.